The van der Waals surface area contributed by atoms with Crippen LogP contribution in [0, 0.1) is 49.6 Å². The third-order valence-corrected chi connectivity index (χ3v) is 7.60. The smallest absolute Gasteiger partial charge is 0.272 e. The van der Waals surface area contributed by atoms with E-state index in [0.717, 1.165) is 22.3 Å². The van der Waals surface area contributed by atoms with Gasteiger partial charge in [0, 0.05) is 35.3 Å². The fourth-order valence-electron chi connectivity index (χ4n) is 5.73. The van der Waals surface area contributed by atoms with Crippen molar-refractivity contribution in [3.8, 4) is 0 Å². The highest BCUT2D eigenvalue weighted by Crippen LogP contribution is 2.48. The van der Waals surface area contributed by atoms with E-state index in [2.05, 4.69) is 10.6 Å². The number of benzene rings is 3. The standard InChI is InChI=1S/C31H33N3O6/c1-17-10-12-22(19(3)14-17)32-29(36)27-25(35)16-31(5,38)28(26(27)21-8-6-7-9-24(21)34(39)40)30(37)33-23-13-11-18(2)15-20(23)4/h6-15,26-28,38H,16H2,1-5H3,(H,32,36)(H,33,37). The Balaban J connectivity index is 1.85. The highest BCUT2D eigenvalue weighted by molar-refractivity contribution is 6.11. The average Bonchev–Trinajstić information content (AvgIpc) is 2.86. The minimum absolute atomic E-state index is 0.0300. The van der Waals surface area contributed by atoms with Gasteiger partial charge in [-0.2, -0.15) is 0 Å². The minimum Gasteiger partial charge on any atom is -0.389 e. The van der Waals surface area contributed by atoms with E-state index in [-0.39, 0.29) is 11.3 Å². The third kappa shape index (κ3) is 5.65. The number of rotatable bonds is 6. The highest BCUT2D eigenvalue weighted by Gasteiger charge is 2.57. The molecule has 3 aromatic rings. The van der Waals surface area contributed by atoms with Gasteiger partial charge in [0.1, 0.15) is 11.7 Å². The van der Waals surface area contributed by atoms with E-state index < -0.39 is 52.3 Å². The number of hydrogen-bond acceptors (Lipinski definition) is 6. The van der Waals surface area contributed by atoms with Gasteiger partial charge in [-0.05, 0) is 57.9 Å². The molecular weight excluding hydrogens is 510 g/mol. The molecule has 3 N–H and O–H groups in total. The van der Waals surface area contributed by atoms with E-state index in [1.54, 1.807) is 18.2 Å². The van der Waals surface area contributed by atoms with Crippen molar-refractivity contribution in [2.24, 2.45) is 11.8 Å². The van der Waals surface area contributed by atoms with Crippen LogP contribution in [-0.2, 0) is 14.4 Å². The summed E-state index contributed by atoms with van der Waals surface area (Å²) >= 11 is 0. The van der Waals surface area contributed by atoms with Crippen LogP contribution in [0.4, 0.5) is 17.1 Å². The molecule has 4 atom stereocenters. The number of hydrogen-bond donors (Lipinski definition) is 3. The Morgan fingerprint density at radius 2 is 1.43 bits per heavy atom. The van der Waals surface area contributed by atoms with Crippen LogP contribution >= 0.6 is 0 Å². The van der Waals surface area contributed by atoms with Crippen LogP contribution in [0.25, 0.3) is 0 Å². The molecule has 9 nitrogen and oxygen atoms in total. The van der Waals surface area contributed by atoms with Gasteiger partial charge in [-0.1, -0.05) is 53.6 Å². The molecule has 1 aliphatic carbocycles. The normalized spacial score (nSPS) is 22.4. The molecule has 4 unspecified atom stereocenters. The summed E-state index contributed by atoms with van der Waals surface area (Å²) in [7, 11) is 0. The number of nitro groups is 1. The average molecular weight is 544 g/mol. The van der Waals surface area contributed by atoms with Crippen molar-refractivity contribution in [1.82, 2.24) is 0 Å². The lowest BCUT2D eigenvalue weighted by Crippen LogP contribution is -2.56. The van der Waals surface area contributed by atoms with E-state index >= 15 is 0 Å². The maximum atomic E-state index is 13.9. The summed E-state index contributed by atoms with van der Waals surface area (Å²) in [5.41, 5.74) is 2.33. The first-order chi connectivity index (χ1) is 18.8. The SMILES string of the molecule is Cc1ccc(NC(=O)C2C(=O)CC(C)(O)C(C(=O)Nc3ccc(C)cc3C)C2c2ccccc2[N+](=O)[O-])c(C)c1. The molecule has 0 saturated heterocycles. The number of nitrogens with one attached hydrogen (secondary N) is 2. The molecule has 0 radical (unpaired) electrons. The summed E-state index contributed by atoms with van der Waals surface area (Å²) < 4.78 is 0. The first kappa shape index (κ1) is 28.6. The number of amides is 2. The third-order valence-electron chi connectivity index (χ3n) is 7.60. The Hall–Kier alpha value is -4.37. The van der Waals surface area contributed by atoms with Crippen molar-refractivity contribution in [2.75, 3.05) is 10.6 Å². The molecule has 9 heteroatoms. The van der Waals surface area contributed by atoms with Gasteiger partial charge in [0.25, 0.3) is 5.69 Å². The molecule has 0 heterocycles. The minimum atomic E-state index is -1.88. The van der Waals surface area contributed by atoms with Crippen molar-refractivity contribution in [2.45, 2.75) is 52.6 Å². The Bertz CT molecular complexity index is 1510. The zero-order chi connectivity index (χ0) is 29.4. The van der Waals surface area contributed by atoms with Gasteiger partial charge >= 0.3 is 0 Å². The summed E-state index contributed by atoms with van der Waals surface area (Å²) in [4.78, 5) is 52.7. The highest BCUT2D eigenvalue weighted by atomic mass is 16.6. The summed E-state index contributed by atoms with van der Waals surface area (Å²) in [5, 5.41) is 29.2. The van der Waals surface area contributed by atoms with Gasteiger partial charge in [0.15, 0.2) is 0 Å². The van der Waals surface area contributed by atoms with Gasteiger partial charge in [0.05, 0.1) is 16.4 Å². The van der Waals surface area contributed by atoms with E-state index in [1.165, 1.54) is 25.1 Å². The molecule has 0 aromatic heterocycles. The number of para-hydroxylation sites is 1. The van der Waals surface area contributed by atoms with Crippen LogP contribution in [0.2, 0.25) is 0 Å². The Kier molecular flexibility index (Phi) is 7.88. The van der Waals surface area contributed by atoms with Crippen molar-refractivity contribution >= 4 is 34.7 Å². The van der Waals surface area contributed by atoms with Crippen molar-refractivity contribution in [3.05, 3.63) is 98.6 Å². The fraction of sp³-hybridized carbons (Fsp3) is 0.323. The summed E-state index contributed by atoms with van der Waals surface area (Å²) in [6.45, 7) is 8.83. The predicted octanol–water partition coefficient (Wildman–Crippen LogP) is 5.15. The number of carbonyl (C=O) groups excluding carboxylic acids is 3. The number of Topliss-reactive ketones (excluding diaryl/α,β-unsaturated/α-hetero) is 1. The number of nitro benzene ring substituents is 1. The number of anilines is 2. The van der Waals surface area contributed by atoms with E-state index in [0.29, 0.717) is 11.4 Å². The second kappa shape index (κ2) is 11.0. The Labute approximate surface area is 232 Å². The first-order valence-electron chi connectivity index (χ1n) is 13.0. The number of aliphatic hydroxyl groups is 1. The molecule has 40 heavy (non-hydrogen) atoms. The van der Waals surface area contributed by atoms with Crippen molar-refractivity contribution in [3.63, 3.8) is 0 Å². The second-order valence-corrected chi connectivity index (χ2v) is 10.9. The number of ketones is 1. The van der Waals surface area contributed by atoms with Crippen molar-refractivity contribution < 1.29 is 24.4 Å². The van der Waals surface area contributed by atoms with E-state index in [4.69, 9.17) is 0 Å². The fourth-order valence-corrected chi connectivity index (χ4v) is 5.73. The summed E-state index contributed by atoms with van der Waals surface area (Å²) in [6, 6.07) is 16.6. The van der Waals surface area contributed by atoms with Gasteiger partial charge in [-0.3, -0.25) is 24.5 Å². The Morgan fingerprint density at radius 1 is 0.900 bits per heavy atom. The molecule has 0 spiro atoms. The maximum Gasteiger partial charge on any atom is 0.272 e. The van der Waals surface area contributed by atoms with Crippen LogP contribution in [0.15, 0.2) is 60.7 Å². The molecule has 2 amide bonds. The summed E-state index contributed by atoms with van der Waals surface area (Å²) in [6.07, 6.45) is -0.472. The van der Waals surface area contributed by atoms with Crippen LogP contribution in [0.1, 0.15) is 47.1 Å². The Morgan fingerprint density at radius 3 is 1.95 bits per heavy atom. The lowest BCUT2D eigenvalue weighted by Gasteiger charge is -2.44. The molecule has 1 aliphatic rings. The summed E-state index contributed by atoms with van der Waals surface area (Å²) in [5.74, 6) is -6.07. The van der Waals surface area contributed by atoms with Crippen molar-refractivity contribution in [1.29, 1.82) is 0 Å². The molecule has 1 fully saturated rings. The molecule has 0 bridgehead atoms. The predicted molar refractivity (Wildman–Crippen MR) is 152 cm³/mol. The zero-order valence-corrected chi connectivity index (χ0v) is 23.1. The zero-order valence-electron chi connectivity index (χ0n) is 23.1. The quantitative estimate of drug-likeness (QED) is 0.223. The molecular formula is C31H33N3O6. The number of aryl methyl sites for hydroxylation is 4. The molecule has 1 saturated carbocycles. The first-order valence-corrected chi connectivity index (χ1v) is 13.0. The van der Waals surface area contributed by atoms with Gasteiger partial charge in [-0.25, -0.2) is 0 Å². The van der Waals surface area contributed by atoms with Gasteiger partial charge in [0.2, 0.25) is 11.8 Å². The van der Waals surface area contributed by atoms with E-state index in [9.17, 15) is 29.6 Å². The number of carbonyl (C=O) groups is 3. The van der Waals surface area contributed by atoms with Crippen LogP contribution in [0.5, 0.6) is 0 Å². The second-order valence-electron chi connectivity index (χ2n) is 10.9. The topological polar surface area (TPSA) is 139 Å². The van der Waals surface area contributed by atoms with Crippen LogP contribution in [-0.4, -0.2) is 33.2 Å². The largest absolute Gasteiger partial charge is 0.389 e. The van der Waals surface area contributed by atoms with Gasteiger partial charge in [-0.15, -0.1) is 0 Å². The number of nitrogens with zero attached hydrogens (tertiary/aromatic N) is 1. The lowest BCUT2D eigenvalue weighted by molar-refractivity contribution is -0.385. The molecule has 208 valence electrons. The molecule has 0 aliphatic heterocycles. The van der Waals surface area contributed by atoms with E-state index in [1.807, 2.05) is 52.0 Å². The molecule has 3 aromatic carbocycles. The van der Waals surface area contributed by atoms with Gasteiger partial charge < -0.3 is 15.7 Å². The van der Waals surface area contributed by atoms with Crippen LogP contribution < -0.4 is 10.6 Å². The lowest BCUT2D eigenvalue weighted by atomic mass is 9.61. The van der Waals surface area contributed by atoms with Crippen LogP contribution in [0.3, 0.4) is 0 Å². The molecule has 4 rings (SSSR count). The maximum absolute atomic E-state index is 13.9. The monoisotopic (exact) mass is 543 g/mol.